The van der Waals surface area contributed by atoms with Crippen molar-refractivity contribution < 1.29 is 4.74 Å². The van der Waals surface area contributed by atoms with Crippen molar-refractivity contribution in [1.29, 1.82) is 5.26 Å². The van der Waals surface area contributed by atoms with E-state index in [9.17, 15) is 0 Å². The molecule has 0 aromatic heterocycles. The van der Waals surface area contributed by atoms with E-state index in [-0.39, 0.29) is 0 Å². The van der Waals surface area contributed by atoms with Crippen LogP contribution in [0.15, 0.2) is 36.4 Å². The van der Waals surface area contributed by atoms with Crippen LogP contribution >= 0.6 is 11.6 Å². The fraction of sp³-hybridized carbons (Fsp3) is 0.458. The monoisotopic (exact) mass is 411 g/mol. The summed E-state index contributed by atoms with van der Waals surface area (Å²) in [5, 5.41) is 9.60. The molecule has 2 aromatic rings. The van der Waals surface area contributed by atoms with Crippen LogP contribution in [0.2, 0.25) is 5.02 Å². The molecule has 0 amide bonds. The average molecular weight is 412 g/mol. The SMILES string of the molecule is CCC1CN(Cc2ccc(OC)c(-c3ccc(C#N)c(Cl)c3)c2)CCN1C(C)C. The van der Waals surface area contributed by atoms with Gasteiger partial charge in [-0.15, -0.1) is 0 Å². The molecule has 1 aliphatic rings. The summed E-state index contributed by atoms with van der Waals surface area (Å²) >= 11 is 6.27. The molecule has 0 spiro atoms. The van der Waals surface area contributed by atoms with Crippen molar-refractivity contribution in [1.82, 2.24) is 9.80 Å². The van der Waals surface area contributed by atoms with E-state index in [0.717, 1.165) is 43.1 Å². The molecule has 2 aromatic carbocycles. The maximum Gasteiger partial charge on any atom is 0.126 e. The topological polar surface area (TPSA) is 39.5 Å². The molecule has 29 heavy (non-hydrogen) atoms. The second kappa shape index (κ2) is 9.63. The van der Waals surface area contributed by atoms with Crippen LogP contribution in [0.1, 0.15) is 38.3 Å². The van der Waals surface area contributed by atoms with Gasteiger partial charge in [0.15, 0.2) is 0 Å². The Morgan fingerprint density at radius 1 is 1.21 bits per heavy atom. The van der Waals surface area contributed by atoms with Gasteiger partial charge in [0.1, 0.15) is 11.8 Å². The normalized spacial score (nSPS) is 18.0. The number of benzene rings is 2. The Balaban J connectivity index is 1.82. The van der Waals surface area contributed by atoms with Crippen LogP contribution in [-0.2, 0) is 6.54 Å². The van der Waals surface area contributed by atoms with E-state index in [1.54, 1.807) is 13.2 Å². The van der Waals surface area contributed by atoms with Crippen molar-refractivity contribution in [2.75, 3.05) is 26.7 Å². The second-order valence-electron chi connectivity index (χ2n) is 7.97. The number of piperazine rings is 1. The maximum absolute atomic E-state index is 9.13. The molecule has 1 heterocycles. The average Bonchev–Trinajstić information content (AvgIpc) is 2.73. The van der Waals surface area contributed by atoms with Crippen molar-refractivity contribution in [3.63, 3.8) is 0 Å². The van der Waals surface area contributed by atoms with Gasteiger partial charge in [-0.05, 0) is 55.7 Å². The third-order valence-corrected chi connectivity index (χ3v) is 6.13. The number of methoxy groups -OCH3 is 1. The number of rotatable bonds is 6. The lowest BCUT2D eigenvalue weighted by molar-refractivity contribution is 0.0457. The van der Waals surface area contributed by atoms with Crippen molar-refractivity contribution in [3.8, 4) is 22.9 Å². The largest absolute Gasteiger partial charge is 0.496 e. The molecule has 0 bridgehead atoms. The zero-order valence-corrected chi connectivity index (χ0v) is 18.5. The fourth-order valence-corrected chi connectivity index (χ4v) is 4.45. The highest BCUT2D eigenvalue weighted by Gasteiger charge is 2.27. The summed E-state index contributed by atoms with van der Waals surface area (Å²) in [5.74, 6) is 0.811. The summed E-state index contributed by atoms with van der Waals surface area (Å²) in [7, 11) is 1.68. The van der Waals surface area contributed by atoms with Gasteiger partial charge in [-0.1, -0.05) is 30.7 Å². The van der Waals surface area contributed by atoms with Crippen LogP contribution in [0.25, 0.3) is 11.1 Å². The van der Waals surface area contributed by atoms with E-state index in [1.807, 2.05) is 18.2 Å². The summed E-state index contributed by atoms with van der Waals surface area (Å²) in [6, 6.07) is 15.2. The molecule has 0 aliphatic carbocycles. The lowest BCUT2D eigenvalue weighted by Crippen LogP contribution is -2.54. The van der Waals surface area contributed by atoms with Gasteiger partial charge in [-0.25, -0.2) is 0 Å². The highest BCUT2D eigenvalue weighted by molar-refractivity contribution is 6.32. The minimum absolute atomic E-state index is 0.466. The first-order valence-corrected chi connectivity index (χ1v) is 10.7. The first-order chi connectivity index (χ1) is 14.0. The summed E-state index contributed by atoms with van der Waals surface area (Å²) in [4.78, 5) is 5.17. The van der Waals surface area contributed by atoms with E-state index >= 15 is 0 Å². The third kappa shape index (κ3) is 4.93. The molecule has 1 atom stereocenters. The number of ether oxygens (including phenoxy) is 1. The Labute approximate surface area is 179 Å². The predicted octanol–water partition coefficient (Wildman–Crippen LogP) is 5.19. The fourth-order valence-electron chi connectivity index (χ4n) is 4.23. The molecular weight excluding hydrogens is 382 g/mol. The zero-order chi connectivity index (χ0) is 21.0. The van der Waals surface area contributed by atoms with Gasteiger partial charge in [0, 0.05) is 43.8 Å². The van der Waals surface area contributed by atoms with Gasteiger partial charge in [0.05, 0.1) is 17.7 Å². The molecule has 4 nitrogen and oxygen atoms in total. The van der Waals surface area contributed by atoms with Crippen LogP contribution in [0.5, 0.6) is 5.75 Å². The molecule has 1 saturated heterocycles. The quantitative estimate of drug-likeness (QED) is 0.655. The molecule has 3 rings (SSSR count). The minimum atomic E-state index is 0.466. The van der Waals surface area contributed by atoms with Gasteiger partial charge >= 0.3 is 0 Å². The van der Waals surface area contributed by atoms with Gasteiger partial charge < -0.3 is 4.74 Å². The lowest BCUT2D eigenvalue weighted by Gasteiger charge is -2.43. The molecular formula is C24H30ClN3O. The molecule has 154 valence electrons. The van der Waals surface area contributed by atoms with E-state index < -0.39 is 0 Å². The molecule has 1 unspecified atom stereocenters. The number of nitriles is 1. The van der Waals surface area contributed by atoms with E-state index in [1.165, 1.54) is 12.0 Å². The van der Waals surface area contributed by atoms with E-state index in [4.69, 9.17) is 21.6 Å². The minimum Gasteiger partial charge on any atom is -0.496 e. The Morgan fingerprint density at radius 3 is 2.62 bits per heavy atom. The smallest absolute Gasteiger partial charge is 0.126 e. The lowest BCUT2D eigenvalue weighted by atomic mass is 10.00. The maximum atomic E-state index is 9.13. The molecule has 1 aliphatic heterocycles. The molecule has 0 radical (unpaired) electrons. The van der Waals surface area contributed by atoms with Crippen molar-refractivity contribution >= 4 is 11.6 Å². The summed E-state index contributed by atoms with van der Waals surface area (Å²) in [6.45, 7) is 11.1. The number of nitrogens with zero attached hydrogens (tertiary/aromatic N) is 3. The summed E-state index contributed by atoms with van der Waals surface area (Å²) in [5.41, 5.74) is 3.71. The van der Waals surface area contributed by atoms with Gasteiger partial charge in [-0.2, -0.15) is 5.26 Å². The van der Waals surface area contributed by atoms with E-state index in [0.29, 0.717) is 22.7 Å². The van der Waals surface area contributed by atoms with Crippen LogP contribution in [0.3, 0.4) is 0 Å². The highest BCUT2D eigenvalue weighted by Crippen LogP contribution is 2.34. The highest BCUT2D eigenvalue weighted by atomic mass is 35.5. The van der Waals surface area contributed by atoms with Crippen molar-refractivity contribution in [3.05, 3.63) is 52.5 Å². The standard InChI is InChI=1S/C24H30ClN3O/c1-5-21-16-27(10-11-28(21)17(2)3)15-18-6-9-24(29-4)22(12-18)19-7-8-20(14-26)23(25)13-19/h6-9,12-13,17,21H,5,10-11,15-16H2,1-4H3. The number of halogens is 1. The van der Waals surface area contributed by atoms with Gasteiger partial charge in [0.2, 0.25) is 0 Å². The zero-order valence-electron chi connectivity index (χ0n) is 17.8. The van der Waals surface area contributed by atoms with Crippen LogP contribution in [0.4, 0.5) is 0 Å². The van der Waals surface area contributed by atoms with Crippen LogP contribution in [0, 0.1) is 11.3 Å². The molecule has 1 fully saturated rings. The van der Waals surface area contributed by atoms with Gasteiger partial charge in [-0.3, -0.25) is 9.80 Å². The Bertz CT molecular complexity index is 890. The van der Waals surface area contributed by atoms with Gasteiger partial charge in [0.25, 0.3) is 0 Å². The predicted molar refractivity (Wildman–Crippen MR) is 119 cm³/mol. The Morgan fingerprint density at radius 2 is 2.00 bits per heavy atom. The van der Waals surface area contributed by atoms with Crippen molar-refractivity contribution in [2.45, 2.75) is 45.8 Å². The molecule has 0 saturated carbocycles. The first-order valence-electron chi connectivity index (χ1n) is 10.3. The number of hydrogen-bond acceptors (Lipinski definition) is 4. The summed E-state index contributed by atoms with van der Waals surface area (Å²) < 4.78 is 5.59. The summed E-state index contributed by atoms with van der Waals surface area (Å²) in [6.07, 6.45) is 1.17. The van der Waals surface area contributed by atoms with Crippen LogP contribution in [-0.4, -0.2) is 48.6 Å². The third-order valence-electron chi connectivity index (χ3n) is 5.82. The Hall–Kier alpha value is -2.06. The number of hydrogen-bond donors (Lipinski definition) is 0. The second-order valence-corrected chi connectivity index (χ2v) is 8.38. The molecule has 5 heteroatoms. The van der Waals surface area contributed by atoms with Crippen molar-refractivity contribution in [2.24, 2.45) is 0 Å². The van der Waals surface area contributed by atoms with Crippen LogP contribution < -0.4 is 4.74 Å². The first kappa shape index (κ1) is 21.6. The molecule has 0 N–H and O–H groups in total. The van der Waals surface area contributed by atoms with E-state index in [2.05, 4.69) is 48.8 Å². The Kier molecular flexibility index (Phi) is 7.18.